The fourth-order valence-corrected chi connectivity index (χ4v) is 5.68. The number of hydrogen-bond donors (Lipinski definition) is 1. The van der Waals surface area contributed by atoms with E-state index in [4.69, 9.17) is 4.84 Å². The third-order valence-electron chi connectivity index (χ3n) is 7.90. The van der Waals surface area contributed by atoms with Gasteiger partial charge in [-0.25, -0.2) is 0 Å². The lowest BCUT2D eigenvalue weighted by atomic mass is 9.90. The van der Waals surface area contributed by atoms with Crippen LogP contribution in [0.3, 0.4) is 0 Å². The summed E-state index contributed by atoms with van der Waals surface area (Å²) in [5, 5.41) is 13.8. The van der Waals surface area contributed by atoms with Crippen LogP contribution in [0.15, 0.2) is 59.8 Å². The molecule has 7 heteroatoms. The van der Waals surface area contributed by atoms with E-state index in [0.29, 0.717) is 30.2 Å². The largest absolute Gasteiger partial charge is 0.394 e. The Morgan fingerprint density at radius 2 is 1.75 bits per heavy atom. The Morgan fingerprint density at radius 1 is 1.03 bits per heavy atom. The maximum absolute atomic E-state index is 13.1. The van der Waals surface area contributed by atoms with Gasteiger partial charge in [0.15, 0.2) is 0 Å². The van der Waals surface area contributed by atoms with Gasteiger partial charge in [-0.05, 0) is 68.2 Å². The molecule has 0 aromatic heterocycles. The van der Waals surface area contributed by atoms with Crippen LogP contribution in [0, 0.1) is 5.92 Å². The quantitative estimate of drug-likeness (QED) is 0.672. The first-order valence-electron chi connectivity index (χ1n) is 13.1. The third kappa shape index (κ3) is 5.03. The van der Waals surface area contributed by atoms with Crippen molar-refractivity contribution in [3.8, 4) is 0 Å². The van der Waals surface area contributed by atoms with Gasteiger partial charge in [-0.15, -0.1) is 0 Å². The smallest absolute Gasteiger partial charge is 0.270 e. The predicted molar refractivity (Wildman–Crippen MR) is 138 cm³/mol. The summed E-state index contributed by atoms with van der Waals surface area (Å²) in [6, 6.07) is 17.9. The number of aliphatic hydroxyl groups is 1. The lowest BCUT2D eigenvalue weighted by Crippen LogP contribution is -2.50. The number of likely N-dealkylation sites (tertiary alicyclic amines) is 2. The van der Waals surface area contributed by atoms with Gasteiger partial charge in [-0.2, -0.15) is 0 Å². The molecule has 5 rings (SSSR count). The van der Waals surface area contributed by atoms with E-state index in [9.17, 15) is 14.7 Å². The van der Waals surface area contributed by atoms with Crippen molar-refractivity contribution in [1.82, 2.24) is 9.80 Å². The molecule has 0 bridgehead atoms. The van der Waals surface area contributed by atoms with E-state index in [-0.39, 0.29) is 24.5 Å². The molecule has 190 valence electrons. The number of hydrogen-bond acceptors (Lipinski definition) is 5. The van der Waals surface area contributed by atoms with Crippen LogP contribution < -0.4 is 0 Å². The number of oxime groups is 1. The number of rotatable bonds is 6. The van der Waals surface area contributed by atoms with Crippen molar-refractivity contribution in [2.75, 3.05) is 26.2 Å². The maximum atomic E-state index is 13.1. The Bertz CT molecular complexity index is 1110. The lowest BCUT2D eigenvalue weighted by Gasteiger charge is -2.32. The summed E-state index contributed by atoms with van der Waals surface area (Å²) in [7, 11) is 0. The summed E-state index contributed by atoms with van der Waals surface area (Å²) >= 11 is 0. The van der Waals surface area contributed by atoms with Crippen molar-refractivity contribution in [2.45, 2.75) is 57.1 Å². The highest BCUT2D eigenvalue weighted by Gasteiger charge is 2.47. The van der Waals surface area contributed by atoms with E-state index in [0.717, 1.165) is 50.8 Å². The molecule has 0 saturated carbocycles. The van der Waals surface area contributed by atoms with Gasteiger partial charge in [0, 0.05) is 31.6 Å². The summed E-state index contributed by atoms with van der Waals surface area (Å²) in [5.41, 5.74) is 2.52. The Morgan fingerprint density at radius 3 is 2.44 bits per heavy atom. The van der Waals surface area contributed by atoms with E-state index in [1.165, 1.54) is 5.56 Å². The minimum Gasteiger partial charge on any atom is -0.394 e. The molecule has 36 heavy (non-hydrogen) atoms. The molecule has 0 radical (unpaired) electrons. The van der Waals surface area contributed by atoms with Crippen molar-refractivity contribution in [3.05, 3.63) is 71.3 Å². The molecule has 2 aromatic rings. The normalized spacial score (nSPS) is 24.5. The van der Waals surface area contributed by atoms with Crippen molar-refractivity contribution in [3.63, 3.8) is 0 Å². The molecule has 1 N–H and O–H groups in total. The molecule has 2 saturated heterocycles. The van der Waals surface area contributed by atoms with E-state index in [1.807, 2.05) is 35.2 Å². The van der Waals surface area contributed by atoms with E-state index in [2.05, 4.69) is 29.4 Å². The van der Waals surface area contributed by atoms with E-state index in [1.54, 1.807) is 11.8 Å². The molecule has 2 fully saturated rings. The zero-order valence-electron chi connectivity index (χ0n) is 20.9. The number of piperidine rings is 1. The van der Waals surface area contributed by atoms with Crippen LogP contribution in [0.2, 0.25) is 0 Å². The molecule has 2 amide bonds. The molecule has 3 heterocycles. The van der Waals surface area contributed by atoms with Gasteiger partial charge < -0.3 is 19.7 Å². The number of benzene rings is 2. The second-order valence-electron chi connectivity index (χ2n) is 10.5. The van der Waals surface area contributed by atoms with Gasteiger partial charge in [0.25, 0.3) is 11.8 Å². The van der Waals surface area contributed by atoms with Gasteiger partial charge in [0.1, 0.15) is 0 Å². The summed E-state index contributed by atoms with van der Waals surface area (Å²) in [6.07, 6.45) is 5.18. The van der Waals surface area contributed by atoms with Crippen LogP contribution in [0.4, 0.5) is 0 Å². The standard InChI is InChI=1S/C29H35N3O4/c1-29(28(35)32-15-5-8-25(32)20-33)19-26(30-36-29)23-9-11-24(12-10-23)27(34)31-16-13-22(14-17-31)18-21-6-3-2-4-7-21/h2-4,6-7,9-12,22,25,33H,5,8,13-20H2,1H3. The molecule has 2 unspecified atom stereocenters. The van der Waals surface area contributed by atoms with E-state index < -0.39 is 5.60 Å². The molecule has 2 atom stereocenters. The second kappa shape index (κ2) is 10.4. The number of amides is 2. The summed E-state index contributed by atoms with van der Waals surface area (Å²) in [4.78, 5) is 35.5. The molecule has 0 aliphatic carbocycles. The van der Waals surface area contributed by atoms with Crippen LogP contribution in [0.5, 0.6) is 0 Å². The monoisotopic (exact) mass is 489 g/mol. The van der Waals surface area contributed by atoms with Crippen molar-refractivity contribution in [2.24, 2.45) is 11.1 Å². The average molecular weight is 490 g/mol. The van der Waals surface area contributed by atoms with Crippen molar-refractivity contribution >= 4 is 17.5 Å². The Hall–Kier alpha value is -3.19. The van der Waals surface area contributed by atoms with Gasteiger partial charge in [-0.1, -0.05) is 47.6 Å². The summed E-state index contributed by atoms with van der Waals surface area (Å²) in [5.74, 6) is 0.554. The van der Waals surface area contributed by atoms with Gasteiger partial charge >= 0.3 is 0 Å². The molecule has 2 aromatic carbocycles. The van der Waals surface area contributed by atoms with Gasteiger partial charge in [0.05, 0.1) is 18.4 Å². The fourth-order valence-electron chi connectivity index (χ4n) is 5.68. The first-order valence-corrected chi connectivity index (χ1v) is 13.1. The molecule has 3 aliphatic rings. The Labute approximate surface area is 212 Å². The van der Waals surface area contributed by atoms with Crippen LogP contribution >= 0.6 is 0 Å². The predicted octanol–water partition coefficient (Wildman–Crippen LogP) is 3.65. The number of carbonyl (C=O) groups is 2. The van der Waals surface area contributed by atoms with Crippen LogP contribution in [-0.4, -0.2) is 70.3 Å². The van der Waals surface area contributed by atoms with E-state index >= 15 is 0 Å². The molecule has 0 spiro atoms. The maximum Gasteiger partial charge on any atom is 0.270 e. The van der Waals surface area contributed by atoms with Crippen molar-refractivity contribution < 1.29 is 19.5 Å². The molecule has 3 aliphatic heterocycles. The summed E-state index contributed by atoms with van der Waals surface area (Å²) in [6.45, 7) is 3.93. The average Bonchev–Trinajstić information content (AvgIpc) is 3.56. The van der Waals surface area contributed by atoms with Crippen LogP contribution in [-0.2, 0) is 16.1 Å². The summed E-state index contributed by atoms with van der Waals surface area (Å²) < 4.78 is 0. The Kier molecular flexibility index (Phi) is 7.10. The Balaban J connectivity index is 1.16. The molecular formula is C29H35N3O4. The minimum absolute atomic E-state index is 0.0320. The topological polar surface area (TPSA) is 82.4 Å². The third-order valence-corrected chi connectivity index (χ3v) is 7.90. The minimum atomic E-state index is -1.06. The first kappa shape index (κ1) is 24.5. The fraction of sp³-hybridized carbons (Fsp3) is 0.483. The first-order chi connectivity index (χ1) is 17.5. The zero-order chi connectivity index (χ0) is 25.1. The highest BCUT2D eigenvalue weighted by molar-refractivity contribution is 6.06. The highest BCUT2D eigenvalue weighted by Crippen LogP contribution is 2.32. The van der Waals surface area contributed by atoms with Crippen LogP contribution in [0.1, 0.15) is 60.5 Å². The molecule has 7 nitrogen and oxygen atoms in total. The number of nitrogens with zero attached hydrogens (tertiary/aromatic N) is 3. The SMILES string of the molecule is CC1(C(=O)N2CCCC2CO)CC(c2ccc(C(=O)N3CCC(Cc4ccccc4)CC3)cc2)=NO1. The number of carbonyl (C=O) groups excluding carboxylic acids is 2. The van der Waals surface area contributed by atoms with Gasteiger partial charge in [-0.3, -0.25) is 9.59 Å². The van der Waals surface area contributed by atoms with Crippen LogP contribution in [0.25, 0.3) is 0 Å². The lowest BCUT2D eigenvalue weighted by molar-refractivity contribution is -0.154. The molecular weight excluding hydrogens is 454 g/mol. The second-order valence-corrected chi connectivity index (χ2v) is 10.5. The van der Waals surface area contributed by atoms with Crippen molar-refractivity contribution in [1.29, 1.82) is 0 Å². The van der Waals surface area contributed by atoms with Gasteiger partial charge in [0.2, 0.25) is 5.60 Å². The highest BCUT2D eigenvalue weighted by atomic mass is 16.7. The zero-order valence-corrected chi connectivity index (χ0v) is 20.9. The number of aliphatic hydroxyl groups excluding tert-OH is 1.